The number of carbonyl (C=O) groups excluding carboxylic acids is 2. The highest BCUT2D eigenvalue weighted by molar-refractivity contribution is 6.30. The van der Waals surface area contributed by atoms with E-state index in [0.717, 1.165) is 5.56 Å². The van der Waals surface area contributed by atoms with Gasteiger partial charge in [0, 0.05) is 33.2 Å². The van der Waals surface area contributed by atoms with Crippen LogP contribution in [0.4, 0.5) is 5.69 Å². The molecule has 0 spiro atoms. The highest BCUT2D eigenvalue weighted by Gasteiger charge is 2.17. The lowest BCUT2D eigenvalue weighted by atomic mass is 10.00. The third-order valence-corrected chi connectivity index (χ3v) is 5.92. The summed E-state index contributed by atoms with van der Waals surface area (Å²) in [5.74, 6) is -1.13. The zero-order valence-electron chi connectivity index (χ0n) is 17.9. The lowest BCUT2D eigenvalue weighted by molar-refractivity contribution is -0.117. The van der Waals surface area contributed by atoms with Gasteiger partial charge in [0.1, 0.15) is 0 Å². The van der Waals surface area contributed by atoms with E-state index >= 15 is 0 Å². The molecule has 3 aromatic carbocycles. The van der Waals surface area contributed by atoms with Crippen molar-refractivity contribution >= 4 is 39.9 Å². The van der Waals surface area contributed by atoms with Crippen molar-refractivity contribution in [1.82, 2.24) is 4.57 Å². The van der Waals surface area contributed by atoms with Gasteiger partial charge in [0.05, 0.1) is 12.5 Å². The number of carbonyl (C=O) groups is 2. The van der Waals surface area contributed by atoms with Crippen molar-refractivity contribution in [3.8, 4) is 0 Å². The lowest BCUT2D eigenvalue weighted by Gasteiger charge is -2.15. The number of nitrogens with zero attached hydrogens (tertiary/aromatic N) is 1. The van der Waals surface area contributed by atoms with Crippen LogP contribution in [0.1, 0.15) is 34.3 Å². The van der Waals surface area contributed by atoms with E-state index in [4.69, 9.17) is 17.3 Å². The molecule has 0 unspecified atom stereocenters. The summed E-state index contributed by atoms with van der Waals surface area (Å²) in [5, 5.41) is 4.65. The molecule has 1 atom stereocenters. The van der Waals surface area contributed by atoms with Crippen LogP contribution in [0.25, 0.3) is 10.8 Å². The maximum Gasteiger partial charge on any atom is 0.258 e. The van der Waals surface area contributed by atoms with Crippen LogP contribution in [0.5, 0.6) is 0 Å². The van der Waals surface area contributed by atoms with Crippen molar-refractivity contribution in [3.05, 3.63) is 111 Å². The summed E-state index contributed by atoms with van der Waals surface area (Å²) in [4.78, 5) is 37.7. The summed E-state index contributed by atoms with van der Waals surface area (Å²) >= 11 is 5.94. The number of aromatic nitrogens is 1. The first kappa shape index (κ1) is 22.3. The monoisotopic (exact) mass is 459 g/mol. The minimum atomic E-state index is -0.542. The molecule has 0 saturated heterocycles. The van der Waals surface area contributed by atoms with Crippen LogP contribution in [-0.2, 0) is 11.3 Å². The Morgan fingerprint density at radius 2 is 1.70 bits per heavy atom. The summed E-state index contributed by atoms with van der Waals surface area (Å²) in [7, 11) is 0. The van der Waals surface area contributed by atoms with Crippen LogP contribution in [0.15, 0.2) is 83.8 Å². The molecule has 0 aliphatic heterocycles. The number of pyridine rings is 1. The summed E-state index contributed by atoms with van der Waals surface area (Å²) < 4.78 is 1.52. The second-order valence-corrected chi connectivity index (χ2v) is 8.24. The number of nitrogens with one attached hydrogen (secondary N) is 1. The molecule has 2 amide bonds. The van der Waals surface area contributed by atoms with E-state index in [0.29, 0.717) is 32.6 Å². The van der Waals surface area contributed by atoms with Crippen LogP contribution < -0.4 is 16.6 Å². The number of anilines is 1. The SMILES string of the molecule is C[C@H](C(=O)Nc1cccc2c(=O)n(Cc3ccccc3C(N)=O)ccc12)c1ccc(Cl)cc1. The van der Waals surface area contributed by atoms with E-state index in [-0.39, 0.29) is 18.0 Å². The van der Waals surface area contributed by atoms with Crippen molar-refractivity contribution < 1.29 is 9.59 Å². The smallest absolute Gasteiger partial charge is 0.258 e. The molecule has 0 aliphatic carbocycles. The highest BCUT2D eigenvalue weighted by Crippen LogP contribution is 2.24. The second kappa shape index (κ2) is 9.30. The first-order valence-electron chi connectivity index (χ1n) is 10.4. The molecule has 0 aliphatic rings. The molecule has 0 bridgehead atoms. The number of amides is 2. The van der Waals surface area contributed by atoms with Crippen molar-refractivity contribution in [2.75, 3.05) is 5.32 Å². The fourth-order valence-corrected chi connectivity index (χ4v) is 3.90. The summed E-state index contributed by atoms with van der Waals surface area (Å²) in [6, 6.07) is 21.1. The molecule has 1 heterocycles. The number of halogens is 1. The Morgan fingerprint density at radius 3 is 2.42 bits per heavy atom. The highest BCUT2D eigenvalue weighted by atomic mass is 35.5. The van der Waals surface area contributed by atoms with E-state index in [1.54, 1.807) is 66.9 Å². The van der Waals surface area contributed by atoms with Gasteiger partial charge in [0.25, 0.3) is 5.56 Å². The Morgan fingerprint density at radius 1 is 0.970 bits per heavy atom. The fourth-order valence-electron chi connectivity index (χ4n) is 3.78. The number of nitrogens with two attached hydrogens (primary N) is 1. The third-order valence-electron chi connectivity index (χ3n) is 5.66. The topological polar surface area (TPSA) is 94.2 Å². The Hall–Kier alpha value is -3.90. The van der Waals surface area contributed by atoms with E-state index in [1.807, 2.05) is 19.1 Å². The van der Waals surface area contributed by atoms with Gasteiger partial charge in [0.2, 0.25) is 11.8 Å². The minimum absolute atomic E-state index is 0.190. The number of rotatable bonds is 6. The average Bonchev–Trinajstić information content (AvgIpc) is 2.81. The number of primary amides is 1. The van der Waals surface area contributed by atoms with Crippen LogP contribution >= 0.6 is 11.6 Å². The molecule has 1 aromatic heterocycles. The first-order valence-corrected chi connectivity index (χ1v) is 10.8. The van der Waals surface area contributed by atoms with Gasteiger partial charge in [0.15, 0.2) is 0 Å². The van der Waals surface area contributed by atoms with Crippen molar-refractivity contribution in [1.29, 1.82) is 0 Å². The standard InChI is InChI=1S/C26H22ClN3O3/c1-16(17-9-11-19(27)12-10-17)25(32)29-23-8-4-7-22-21(23)13-14-30(26(22)33)15-18-5-2-3-6-20(18)24(28)31/h2-14,16H,15H2,1H3,(H2,28,31)(H,29,32)/t16-/m0/s1. The summed E-state index contributed by atoms with van der Waals surface area (Å²) in [6.45, 7) is 2.02. The van der Waals surface area contributed by atoms with Gasteiger partial charge in [-0.2, -0.15) is 0 Å². The molecule has 166 valence electrons. The number of benzene rings is 3. The van der Waals surface area contributed by atoms with Crippen molar-refractivity contribution in [3.63, 3.8) is 0 Å². The molecule has 4 aromatic rings. The largest absolute Gasteiger partial charge is 0.366 e. The van der Waals surface area contributed by atoms with Gasteiger partial charge >= 0.3 is 0 Å². The predicted molar refractivity (Wildman–Crippen MR) is 131 cm³/mol. The van der Waals surface area contributed by atoms with Gasteiger partial charge < -0.3 is 15.6 Å². The minimum Gasteiger partial charge on any atom is -0.366 e. The lowest BCUT2D eigenvalue weighted by Crippen LogP contribution is -2.23. The van der Waals surface area contributed by atoms with Crippen LogP contribution in [0.2, 0.25) is 5.02 Å². The number of hydrogen-bond acceptors (Lipinski definition) is 3. The normalized spacial score (nSPS) is 11.8. The van der Waals surface area contributed by atoms with Gasteiger partial charge in [-0.15, -0.1) is 0 Å². The molecular formula is C26H22ClN3O3. The molecule has 0 saturated carbocycles. The van der Waals surface area contributed by atoms with Crippen LogP contribution in [0.3, 0.4) is 0 Å². The predicted octanol–water partition coefficient (Wildman–Crippen LogP) is 4.54. The molecule has 4 rings (SSSR count). The molecule has 6 nitrogen and oxygen atoms in total. The Bertz CT molecular complexity index is 1410. The molecule has 7 heteroatoms. The molecule has 0 radical (unpaired) electrons. The molecule has 3 N–H and O–H groups in total. The van der Waals surface area contributed by atoms with Crippen LogP contribution in [-0.4, -0.2) is 16.4 Å². The fraction of sp³-hybridized carbons (Fsp3) is 0.115. The Labute approximate surface area is 195 Å². The molecule has 33 heavy (non-hydrogen) atoms. The first-order chi connectivity index (χ1) is 15.8. The third kappa shape index (κ3) is 4.66. The molecule has 0 fully saturated rings. The van der Waals surface area contributed by atoms with E-state index in [9.17, 15) is 14.4 Å². The number of fused-ring (bicyclic) bond motifs is 1. The number of hydrogen-bond donors (Lipinski definition) is 2. The Kier molecular flexibility index (Phi) is 6.29. The van der Waals surface area contributed by atoms with E-state index in [2.05, 4.69) is 5.32 Å². The van der Waals surface area contributed by atoms with Crippen molar-refractivity contribution in [2.24, 2.45) is 5.73 Å². The van der Waals surface area contributed by atoms with Gasteiger partial charge in [-0.1, -0.05) is 48.0 Å². The zero-order valence-corrected chi connectivity index (χ0v) is 18.7. The summed E-state index contributed by atoms with van der Waals surface area (Å²) in [5.41, 5.74) is 7.67. The maximum atomic E-state index is 13.2. The van der Waals surface area contributed by atoms with E-state index in [1.165, 1.54) is 4.57 Å². The Balaban J connectivity index is 1.64. The molecular weight excluding hydrogens is 438 g/mol. The van der Waals surface area contributed by atoms with Crippen molar-refractivity contribution in [2.45, 2.75) is 19.4 Å². The van der Waals surface area contributed by atoms with Gasteiger partial charge in [-0.3, -0.25) is 14.4 Å². The van der Waals surface area contributed by atoms with Gasteiger partial charge in [-0.05, 0) is 54.4 Å². The average molecular weight is 460 g/mol. The van der Waals surface area contributed by atoms with Crippen LogP contribution in [0, 0.1) is 0 Å². The van der Waals surface area contributed by atoms with Gasteiger partial charge in [-0.25, -0.2) is 0 Å². The maximum absolute atomic E-state index is 13.2. The van der Waals surface area contributed by atoms with E-state index < -0.39 is 11.8 Å². The summed E-state index contributed by atoms with van der Waals surface area (Å²) in [6.07, 6.45) is 1.65. The quantitative estimate of drug-likeness (QED) is 0.443. The zero-order chi connectivity index (χ0) is 23.5. The second-order valence-electron chi connectivity index (χ2n) is 7.80.